The number of aromatic amines is 1. The maximum atomic E-state index is 10.3. The number of aromatic nitrogens is 1. The molecular weight excluding hydrogens is 404 g/mol. The second kappa shape index (κ2) is 8.07. The minimum Gasteiger partial charge on any atom is -0.508 e. The molecule has 2 aliphatic rings. The summed E-state index contributed by atoms with van der Waals surface area (Å²) >= 11 is 0. The zero-order chi connectivity index (χ0) is 22.4. The predicted octanol–water partition coefficient (Wildman–Crippen LogP) is 5.78. The summed E-state index contributed by atoms with van der Waals surface area (Å²) in [6, 6.07) is 25.7. The first-order chi connectivity index (χ1) is 16.1. The van der Waals surface area contributed by atoms with Crippen molar-refractivity contribution in [1.82, 2.24) is 9.88 Å². The third kappa shape index (κ3) is 3.65. The minimum atomic E-state index is 0.0743. The molecule has 6 rings (SSSR count). The van der Waals surface area contributed by atoms with Gasteiger partial charge in [0.15, 0.2) is 0 Å². The van der Waals surface area contributed by atoms with Crippen molar-refractivity contribution in [2.75, 3.05) is 19.6 Å². The molecule has 168 valence electrons. The van der Waals surface area contributed by atoms with E-state index in [4.69, 9.17) is 0 Å². The summed E-state index contributed by atoms with van der Waals surface area (Å²) < 4.78 is 0. The number of benzene rings is 3. The molecule has 0 saturated carbocycles. The highest BCUT2D eigenvalue weighted by atomic mass is 16.3. The second-order valence-electron chi connectivity index (χ2n) is 10.2. The molecule has 0 amide bonds. The van der Waals surface area contributed by atoms with Gasteiger partial charge in [-0.15, -0.1) is 0 Å². The molecule has 1 fully saturated rings. The lowest BCUT2D eigenvalue weighted by molar-refractivity contribution is 0.0822. The third-order valence-corrected chi connectivity index (χ3v) is 8.21. The van der Waals surface area contributed by atoms with E-state index < -0.39 is 0 Å². The fourth-order valence-corrected chi connectivity index (χ4v) is 6.44. The molecule has 1 aromatic heterocycles. The topological polar surface area (TPSA) is 39.3 Å². The van der Waals surface area contributed by atoms with Crippen LogP contribution in [0.15, 0.2) is 72.8 Å². The molecule has 2 atom stereocenters. The molecule has 3 nitrogen and oxygen atoms in total. The van der Waals surface area contributed by atoms with Gasteiger partial charge in [-0.2, -0.15) is 0 Å². The maximum absolute atomic E-state index is 10.3. The molecule has 0 radical (unpaired) electrons. The number of aryl methyl sites for hydroxylation is 1. The van der Waals surface area contributed by atoms with Crippen molar-refractivity contribution in [3.05, 3.63) is 101 Å². The molecule has 1 aliphatic carbocycles. The summed E-state index contributed by atoms with van der Waals surface area (Å²) in [4.78, 5) is 6.45. The molecule has 0 bridgehead atoms. The van der Waals surface area contributed by atoms with E-state index >= 15 is 0 Å². The average molecular weight is 437 g/mol. The molecule has 1 unspecified atom stereocenters. The highest BCUT2D eigenvalue weighted by molar-refractivity contribution is 5.85. The Labute approximate surface area is 196 Å². The molecule has 0 spiro atoms. The Kier molecular flexibility index (Phi) is 5.03. The molecule has 33 heavy (non-hydrogen) atoms. The number of rotatable bonds is 4. The van der Waals surface area contributed by atoms with Gasteiger partial charge in [-0.1, -0.05) is 54.6 Å². The first-order valence-corrected chi connectivity index (χ1v) is 12.3. The van der Waals surface area contributed by atoms with Crippen LogP contribution in [0, 0.1) is 12.8 Å². The van der Waals surface area contributed by atoms with Crippen LogP contribution in [-0.2, 0) is 24.7 Å². The van der Waals surface area contributed by atoms with Crippen molar-refractivity contribution >= 4 is 10.9 Å². The Morgan fingerprint density at radius 1 is 1.03 bits per heavy atom. The van der Waals surface area contributed by atoms with Crippen LogP contribution in [-0.4, -0.2) is 34.6 Å². The predicted molar refractivity (Wildman–Crippen MR) is 135 cm³/mol. The number of aromatic hydroxyl groups is 1. The van der Waals surface area contributed by atoms with Gasteiger partial charge < -0.3 is 15.0 Å². The third-order valence-electron chi connectivity index (χ3n) is 8.21. The van der Waals surface area contributed by atoms with Crippen LogP contribution < -0.4 is 0 Å². The Bertz CT molecular complexity index is 1290. The van der Waals surface area contributed by atoms with Crippen molar-refractivity contribution in [3.8, 4) is 5.75 Å². The minimum absolute atomic E-state index is 0.0743. The number of piperidine rings is 1. The van der Waals surface area contributed by atoms with Crippen LogP contribution in [0.3, 0.4) is 0 Å². The Morgan fingerprint density at radius 3 is 2.76 bits per heavy atom. The van der Waals surface area contributed by atoms with Crippen LogP contribution >= 0.6 is 0 Å². The van der Waals surface area contributed by atoms with E-state index in [0.717, 1.165) is 45.3 Å². The van der Waals surface area contributed by atoms with E-state index in [2.05, 4.69) is 71.4 Å². The van der Waals surface area contributed by atoms with Crippen molar-refractivity contribution in [1.29, 1.82) is 0 Å². The number of phenolic OH excluding ortho intramolecular Hbond substituents is 1. The van der Waals surface area contributed by atoms with Gasteiger partial charge in [0.25, 0.3) is 0 Å². The summed E-state index contributed by atoms with van der Waals surface area (Å²) in [6.07, 6.45) is 4.35. The Morgan fingerprint density at radius 2 is 1.91 bits per heavy atom. The standard InChI is InChI=1S/C30H32N2O/c1-21-10-11-26-27-18-24-20-32(14-12-22-6-3-2-4-7-22)15-13-30(24,19-29(27)31-28(26)16-21)23-8-5-9-25(33)17-23/h2-11,16-17,24,31,33H,12-15,18-20H2,1H3/t24?,30-/m1/s1. The van der Waals surface area contributed by atoms with Crippen LogP contribution in [0.1, 0.15) is 34.4 Å². The summed E-state index contributed by atoms with van der Waals surface area (Å²) in [5, 5.41) is 11.7. The monoisotopic (exact) mass is 436 g/mol. The van der Waals surface area contributed by atoms with Crippen LogP contribution in [0.5, 0.6) is 5.75 Å². The van der Waals surface area contributed by atoms with E-state index in [-0.39, 0.29) is 5.41 Å². The number of phenols is 1. The second-order valence-corrected chi connectivity index (χ2v) is 10.2. The lowest BCUT2D eigenvalue weighted by Gasteiger charge is -2.51. The zero-order valence-electron chi connectivity index (χ0n) is 19.3. The van der Waals surface area contributed by atoms with Gasteiger partial charge in [-0.05, 0) is 85.5 Å². The number of fused-ring (bicyclic) bond motifs is 4. The molecule has 1 aliphatic heterocycles. The summed E-state index contributed by atoms with van der Waals surface area (Å²) in [5.41, 5.74) is 8.27. The van der Waals surface area contributed by atoms with E-state index in [1.807, 2.05) is 12.1 Å². The largest absolute Gasteiger partial charge is 0.508 e. The van der Waals surface area contributed by atoms with Gasteiger partial charge >= 0.3 is 0 Å². The quantitative estimate of drug-likeness (QED) is 0.425. The highest BCUT2D eigenvalue weighted by Gasteiger charge is 2.48. The molecule has 3 heteroatoms. The number of nitrogens with zero attached hydrogens (tertiary/aromatic N) is 1. The van der Waals surface area contributed by atoms with Crippen molar-refractivity contribution in [2.24, 2.45) is 5.92 Å². The summed E-state index contributed by atoms with van der Waals surface area (Å²) in [7, 11) is 0. The maximum Gasteiger partial charge on any atom is 0.115 e. The fraction of sp³-hybridized carbons (Fsp3) is 0.333. The van der Waals surface area contributed by atoms with Crippen molar-refractivity contribution in [3.63, 3.8) is 0 Å². The Hall–Kier alpha value is -3.04. The number of H-pyrrole nitrogens is 1. The Balaban J connectivity index is 1.35. The van der Waals surface area contributed by atoms with Crippen LogP contribution in [0.4, 0.5) is 0 Å². The van der Waals surface area contributed by atoms with Crippen molar-refractivity contribution in [2.45, 2.75) is 38.0 Å². The van der Waals surface area contributed by atoms with Gasteiger partial charge in [0.2, 0.25) is 0 Å². The lowest BCUT2D eigenvalue weighted by Crippen LogP contribution is -2.54. The van der Waals surface area contributed by atoms with Gasteiger partial charge in [0.05, 0.1) is 0 Å². The highest BCUT2D eigenvalue weighted by Crippen LogP contribution is 2.49. The fourth-order valence-electron chi connectivity index (χ4n) is 6.44. The molecule has 4 aromatic rings. The van der Waals surface area contributed by atoms with Crippen LogP contribution in [0.25, 0.3) is 10.9 Å². The number of hydrogen-bond acceptors (Lipinski definition) is 2. The number of nitrogens with one attached hydrogen (secondary N) is 1. The first-order valence-electron chi connectivity index (χ1n) is 12.3. The molecule has 2 heterocycles. The SMILES string of the molecule is Cc1ccc2c3c([nH]c2c1)C[C@@]1(c2cccc(O)c2)CCN(CCc2ccccc2)CC1C3. The summed E-state index contributed by atoms with van der Waals surface area (Å²) in [6.45, 7) is 5.49. The van der Waals surface area contributed by atoms with E-state index in [0.29, 0.717) is 11.7 Å². The lowest BCUT2D eigenvalue weighted by atomic mass is 9.58. The van der Waals surface area contributed by atoms with E-state index in [1.54, 1.807) is 6.07 Å². The van der Waals surface area contributed by atoms with E-state index in [9.17, 15) is 5.11 Å². The number of likely N-dealkylation sites (tertiary alicyclic amines) is 1. The summed E-state index contributed by atoms with van der Waals surface area (Å²) in [5.74, 6) is 0.918. The molecule has 1 saturated heterocycles. The van der Waals surface area contributed by atoms with Crippen LogP contribution in [0.2, 0.25) is 0 Å². The van der Waals surface area contributed by atoms with Gasteiger partial charge in [-0.25, -0.2) is 0 Å². The van der Waals surface area contributed by atoms with Crippen molar-refractivity contribution < 1.29 is 5.11 Å². The smallest absolute Gasteiger partial charge is 0.115 e. The molecule has 3 aromatic carbocycles. The van der Waals surface area contributed by atoms with Gasteiger partial charge in [0, 0.05) is 35.1 Å². The normalized spacial score (nSPS) is 22.8. The average Bonchev–Trinajstić information content (AvgIpc) is 3.17. The first kappa shape index (κ1) is 20.6. The molecular formula is C30H32N2O. The van der Waals surface area contributed by atoms with E-state index in [1.165, 1.54) is 38.9 Å². The van der Waals surface area contributed by atoms with Gasteiger partial charge in [0.1, 0.15) is 5.75 Å². The molecule has 2 N–H and O–H groups in total. The van der Waals surface area contributed by atoms with Gasteiger partial charge in [-0.3, -0.25) is 0 Å². The zero-order valence-corrected chi connectivity index (χ0v) is 19.3. The number of hydrogen-bond donors (Lipinski definition) is 2.